The summed E-state index contributed by atoms with van der Waals surface area (Å²) in [5.74, 6) is 0.617. The molecule has 2 aliphatic heterocycles. The Morgan fingerprint density at radius 3 is 2.62 bits per heavy atom. The standard InChI is InChI=1S/C24H26ClFN4O2/c1-15-12-21-22(13-20(15)25)30(19-4-2-17(26)3-5-19)24(28-21)29-9-6-16(7-10-29)23(31)27-18-8-11-32-14-18/h2-5,12-13,16,18H,6-11,14H2,1H3,(H,27,31). The molecule has 2 aromatic carbocycles. The first-order valence-corrected chi connectivity index (χ1v) is 11.4. The SMILES string of the molecule is Cc1cc2nc(N3CCC(C(=O)NC4CCOC4)CC3)n(-c3ccc(F)cc3)c2cc1Cl. The van der Waals surface area contributed by atoms with Gasteiger partial charge in [-0.3, -0.25) is 9.36 Å². The molecule has 2 saturated heterocycles. The van der Waals surface area contributed by atoms with Crippen molar-refractivity contribution in [2.24, 2.45) is 5.92 Å². The number of aromatic nitrogens is 2. The van der Waals surface area contributed by atoms with Crippen LogP contribution in [-0.2, 0) is 9.53 Å². The van der Waals surface area contributed by atoms with Crippen molar-refractivity contribution < 1.29 is 13.9 Å². The van der Waals surface area contributed by atoms with E-state index in [1.54, 1.807) is 12.1 Å². The van der Waals surface area contributed by atoms with Crippen LogP contribution in [0.2, 0.25) is 5.02 Å². The summed E-state index contributed by atoms with van der Waals surface area (Å²) in [6.07, 6.45) is 2.39. The van der Waals surface area contributed by atoms with Crippen molar-refractivity contribution in [3.63, 3.8) is 0 Å². The Kier molecular flexibility index (Phi) is 5.78. The second kappa shape index (κ2) is 8.71. The number of carbonyl (C=O) groups is 1. The van der Waals surface area contributed by atoms with Crippen LogP contribution in [0, 0.1) is 18.7 Å². The van der Waals surface area contributed by atoms with Crippen LogP contribution < -0.4 is 10.2 Å². The number of nitrogens with one attached hydrogen (secondary N) is 1. The summed E-state index contributed by atoms with van der Waals surface area (Å²) in [5, 5.41) is 3.79. The maximum atomic E-state index is 13.6. The average Bonchev–Trinajstić information content (AvgIpc) is 3.43. The molecule has 1 atom stereocenters. The van der Waals surface area contributed by atoms with E-state index in [-0.39, 0.29) is 23.7 Å². The molecule has 2 aliphatic rings. The first-order chi connectivity index (χ1) is 15.5. The van der Waals surface area contributed by atoms with Gasteiger partial charge in [-0.2, -0.15) is 0 Å². The Morgan fingerprint density at radius 1 is 1.19 bits per heavy atom. The van der Waals surface area contributed by atoms with Gasteiger partial charge < -0.3 is 15.0 Å². The van der Waals surface area contributed by atoms with Crippen LogP contribution in [-0.4, -0.2) is 47.8 Å². The molecule has 0 saturated carbocycles. The van der Waals surface area contributed by atoms with Gasteiger partial charge in [-0.05, 0) is 68.1 Å². The van der Waals surface area contributed by atoms with E-state index in [4.69, 9.17) is 21.3 Å². The molecule has 0 spiro atoms. The second-order valence-electron chi connectivity index (χ2n) is 8.64. The number of halogens is 2. The highest BCUT2D eigenvalue weighted by atomic mass is 35.5. The van der Waals surface area contributed by atoms with Gasteiger partial charge in [0.05, 0.1) is 23.7 Å². The Hall–Kier alpha value is -2.64. The van der Waals surface area contributed by atoms with Gasteiger partial charge >= 0.3 is 0 Å². The van der Waals surface area contributed by atoms with Crippen molar-refractivity contribution >= 4 is 34.5 Å². The van der Waals surface area contributed by atoms with Crippen molar-refractivity contribution in [2.45, 2.75) is 32.2 Å². The maximum Gasteiger partial charge on any atom is 0.223 e. The number of ether oxygens (including phenoxy) is 1. The van der Waals surface area contributed by atoms with Crippen molar-refractivity contribution in [3.05, 3.63) is 52.8 Å². The number of carbonyl (C=O) groups excluding carboxylic acids is 1. The van der Waals surface area contributed by atoms with Crippen LogP contribution in [0.4, 0.5) is 10.3 Å². The Labute approximate surface area is 191 Å². The molecule has 1 aromatic heterocycles. The van der Waals surface area contributed by atoms with Gasteiger partial charge in [-0.1, -0.05) is 11.6 Å². The molecule has 1 amide bonds. The van der Waals surface area contributed by atoms with E-state index in [2.05, 4.69) is 10.2 Å². The molecular formula is C24H26ClFN4O2. The lowest BCUT2D eigenvalue weighted by Gasteiger charge is -2.32. The third-order valence-corrected chi connectivity index (χ3v) is 6.83. The predicted molar refractivity (Wildman–Crippen MR) is 123 cm³/mol. The molecule has 0 bridgehead atoms. The number of hydrogen-bond acceptors (Lipinski definition) is 4. The fraction of sp³-hybridized carbons (Fsp3) is 0.417. The molecular weight excluding hydrogens is 431 g/mol. The number of benzene rings is 2. The van der Waals surface area contributed by atoms with Crippen LogP contribution in [0.25, 0.3) is 16.7 Å². The van der Waals surface area contributed by atoms with Crippen molar-refractivity contribution in [1.82, 2.24) is 14.9 Å². The van der Waals surface area contributed by atoms with Gasteiger partial charge in [-0.25, -0.2) is 9.37 Å². The van der Waals surface area contributed by atoms with Crippen LogP contribution in [0.15, 0.2) is 36.4 Å². The van der Waals surface area contributed by atoms with Crippen molar-refractivity contribution in [1.29, 1.82) is 0 Å². The number of imidazole rings is 1. The number of fused-ring (bicyclic) bond motifs is 1. The molecule has 1 unspecified atom stereocenters. The van der Waals surface area contributed by atoms with Gasteiger partial charge in [0.1, 0.15) is 5.82 Å². The van der Waals surface area contributed by atoms with Gasteiger partial charge in [0, 0.05) is 36.3 Å². The fourth-order valence-corrected chi connectivity index (χ4v) is 4.71. The van der Waals surface area contributed by atoms with E-state index < -0.39 is 0 Å². The average molecular weight is 457 g/mol. The van der Waals surface area contributed by atoms with Gasteiger partial charge in [0.2, 0.25) is 11.9 Å². The van der Waals surface area contributed by atoms with E-state index >= 15 is 0 Å². The molecule has 1 N–H and O–H groups in total. The molecule has 32 heavy (non-hydrogen) atoms. The summed E-state index contributed by atoms with van der Waals surface area (Å²) in [5.41, 5.74) is 3.50. The molecule has 3 aromatic rings. The molecule has 5 rings (SSSR count). The third kappa shape index (κ3) is 4.07. The number of nitrogens with zero attached hydrogens (tertiary/aromatic N) is 3. The maximum absolute atomic E-state index is 13.6. The van der Waals surface area contributed by atoms with Crippen LogP contribution in [0.5, 0.6) is 0 Å². The normalized spacial score (nSPS) is 19.6. The summed E-state index contributed by atoms with van der Waals surface area (Å²) in [4.78, 5) is 19.8. The summed E-state index contributed by atoms with van der Waals surface area (Å²) >= 11 is 6.42. The first kappa shape index (κ1) is 21.2. The van der Waals surface area contributed by atoms with Crippen LogP contribution >= 0.6 is 11.6 Å². The zero-order valence-corrected chi connectivity index (χ0v) is 18.7. The topological polar surface area (TPSA) is 59.4 Å². The molecule has 6 nitrogen and oxygen atoms in total. The summed E-state index contributed by atoms with van der Waals surface area (Å²) < 4.78 is 21.0. The molecule has 0 aliphatic carbocycles. The predicted octanol–water partition coefficient (Wildman–Crippen LogP) is 4.25. The smallest absolute Gasteiger partial charge is 0.223 e. The molecule has 3 heterocycles. The van der Waals surface area contributed by atoms with E-state index in [0.29, 0.717) is 18.2 Å². The number of amides is 1. The number of anilines is 1. The van der Waals surface area contributed by atoms with Gasteiger partial charge in [-0.15, -0.1) is 0 Å². The van der Waals surface area contributed by atoms with Gasteiger partial charge in [0.25, 0.3) is 0 Å². The summed E-state index contributed by atoms with van der Waals surface area (Å²) in [7, 11) is 0. The molecule has 168 valence electrons. The van der Waals surface area contributed by atoms with E-state index in [1.807, 2.05) is 23.6 Å². The number of hydrogen-bond donors (Lipinski definition) is 1. The Bertz CT molecular complexity index is 1130. The fourth-order valence-electron chi connectivity index (χ4n) is 4.56. The zero-order valence-electron chi connectivity index (χ0n) is 18.0. The van der Waals surface area contributed by atoms with E-state index in [0.717, 1.165) is 60.6 Å². The minimum atomic E-state index is -0.284. The summed E-state index contributed by atoms with van der Waals surface area (Å²) in [6, 6.07) is 10.4. The monoisotopic (exact) mass is 456 g/mol. The lowest BCUT2D eigenvalue weighted by atomic mass is 9.95. The number of piperidine rings is 1. The van der Waals surface area contributed by atoms with Crippen LogP contribution in [0.1, 0.15) is 24.8 Å². The minimum Gasteiger partial charge on any atom is -0.379 e. The Balaban J connectivity index is 1.42. The highest BCUT2D eigenvalue weighted by Gasteiger charge is 2.30. The van der Waals surface area contributed by atoms with Gasteiger partial charge in [0.15, 0.2) is 0 Å². The Morgan fingerprint density at radius 2 is 1.94 bits per heavy atom. The van der Waals surface area contributed by atoms with Crippen molar-refractivity contribution in [3.8, 4) is 5.69 Å². The van der Waals surface area contributed by atoms with Crippen LogP contribution in [0.3, 0.4) is 0 Å². The minimum absolute atomic E-state index is 0.00723. The number of aryl methyl sites for hydroxylation is 1. The van der Waals surface area contributed by atoms with E-state index in [9.17, 15) is 9.18 Å². The van der Waals surface area contributed by atoms with E-state index in [1.165, 1.54) is 12.1 Å². The molecule has 0 radical (unpaired) electrons. The zero-order chi connectivity index (χ0) is 22.2. The lowest BCUT2D eigenvalue weighted by molar-refractivity contribution is -0.126. The lowest BCUT2D eigenvalue weighted by Crippen LogP contribution is -2.44. The quantitative estimate of drug-likeness (QED) is 0.637. The largest absolute Gasteiger partial charge is 0.379 e. The highest BCUT2D eigenvalue weighted by molar-refractivity contribution is 6.32. The second-order valence-corrected chi connectivity index (χ2v) is 9.05. The number of rotatable bonds is 4. The third-order valence-electron chi connectivity index (χ3n) is 6.43. The summed E-state index contributed by atoms with van der Waals surface area (Å²) in [6.45, 7) is 4.71. The molecule has 8 heteroatoms. The molecule has 2 fully saturated rings. The van der Waals surface area contributed by atoms with Crippen molar-refractivity contribution in [2.75, 3.05) is 31.2 Å². The highest BCUT2D eigenvalue weighted by Crippen LogP contribution is 2.33. The first-order valence-electron chi connectivity index (χ1n) is 11.1.